The van der Waals surface area contributed by atoms with Crippen LogP contribution in [0.15, 0.2) is 53.4 Å². The van der Waals surface area contributed by atoms with Crippen LogP contribution in [0.2, 0.25) is 5.02 Å². The number of halogens is 1. The summed E-state index contributed by atoms with van der Waals surface area (Å²) in [5, 5.41) is 3.22. The second kappa shape index (κ2) is 6.70. The fourth-order valence-electron chi connectivity index (χ4n) is 2.50. The fourth-order valence-corrected chi connectivity index (χ4v) is 3.70. The average Bonchev–Trinajstić information content (AvgIpc) is 2.55. The SMILES string of the molecule is O=C1CN(c2ccccc2NS(=O)(=O)c2ccc(Cl)cc2)CCN1. The zero-order valence-electron chi connectivity index (χ0n) is 12.7. The molecule has 0 radical (unpaired) electrons. The van der Waals surface area contributed by atoms with Crippen LogP contribution in [0, 0.1) is 0 Å². The van der Waals surface area contributed by atoms with E-state index in [1.54, 1.807) is 18.2 Å². The smallest absolute Gasteiger partial charge is 0.261 e. The maximum atomic E-state index is 12.6. The predicted molar refractivity (Wildman–Crippen MR) is 93.9 cm³/mol. The van der Waals surface area contributed by atoms with Gasteiger partial charge in [0.2, 0.25) is 5.91 Å². The van der Waals surface area contributed by atoms with E-state index in [4.69, 9.17) is 11.6 Å². The zero-order valence-corrected chi connectivity index (χ0v) is 14.3. The Kier molecular flexibility index (Phi) is 4.64. The largest absolute Gasteiger partial charge is 0.359 e. The molecule has 2 N–H and O–H groups in total. The first-order valence-corrected chi connectivity index (χ1v) is 9.21. The van der Waals surface area contributed by atoms with Gasteiger partial charge in [-0.15, -0.1) is 0 Å². The van der Waals surface area contributed by atoms with Crippen molar-refractivity contribution in [2.24, 2.45) is 0 Å². The lowest BCUT2D eigenvalue weighted by atomic mass is 10.2. The molecule has 0 aromatic heterocycles. The molecule has 2 aromatic carbocycles. The number of anilines is 2. The van der Waals surface area contributed by atoms with Gasteiger partial charge in [-0.05, 0) is 36.4 Å². The van der Waals surface area contributed by atoms with E-state index in [0.29, 0.717) is 29.5 Å². The van der Waals surface area contributed by atoms with Crippen LogP contribution in [0.3, 0.4) is 0 Å². The zero-order chi connectivity index (χ0) is 17.2. The summed E-state index contributed by atoms with van der Waals surface area (Å²) in [5.41, 5.74) is 1.10. The number of hydrogen-bond donors (Lipinski definition) is 2. The standard InChI is InChI=1S/C16H16ClN3O3S/c17-12-5-7-13(8-6-12)24(22,23)19-14-3-1-2-4-15(14)20-10-9-18-16(21)11-20/h1-8,19H,9-11H2,(H,18,21). The normalized spacial score (nSPS) is 15.0. The molecular weight excluding hydrogens is 350 g/mol. The van der Waals surface area contributed by atoms with E-state index >= 15 is 0 Å². The van der Waals surface area contributed by atoms with Crippen molar-refractivity contribution in [1.82, 2.24) is 5.32 Å². The number of amides is 1. The summed E-state index contributed by atoms with van der Waals surface area (Å²) in [6, 6.07) is 13.0. The van der Waals surface area contributed by atoms with Gasteiger partial charge in [0.1, 0.15) is 0 Å². The molecule has 0 unspecified atom stereocenters. The molecule has 0 bridgehead atoms. The van der Waals surface area contributed by atoms with Gasteiger partial charge in [0, 0.05) is 18.1 Å². The van der Waals surface area contributed by atoms with Crippen LogP contribution in [0.1, 0.15) is 0 Å². The van der Waals surface area contributed by atoms with Crippen molar-refractivity contribution >= 4 is 38.9 Å². The Bertz CT molecular complexity index is 853. The predicted octanol–water partition coefficient (Wildman–Crippen LogP) is 2.08. The highest BCUT2D eigenvalue weighted by molar-refractivity contribution is 7.92. The Labute approximate surface area is 145 Å². The van der Waals surface area contributed by atoms with Gasteiger partial charge in [0.25, 0.3) is 10.0 Å². The first-order chi connectivity index (χ1) is 11.5. The number of hydrogen-bond acceptors (Lipinski definition) is 4. The molecule has 1 heterocycles. The number of benzene rings is 2. The van der Waals surface area contributed by atoms with Gasteiger partial charge >= 0.3 is 0 Å². The molecule has 0 saturated carbocycles. The summed E-state index contributed by atoms with van der Waals surface area (Å²) in [6.45, 7) is 1.34. The Morgan fingerprint density at radius 2 is 1.79 bits per heavy atom. The molecular formula is C16H16ClN3O3S. The molecule has 1 aliphatic rings. The van der Waals surface area contributed by atoms with Crippen LogP contribution in [-0.2, 0) is 14.8 Å². The summed E-state index contributed by atoms with van der Waals surface area (Å²) in [7, 11) is -3.74. The van der Waals surface area contributed by atoms with Gasteiger partial charge in [-0.2, -0.15) is 0 Å². The minimum absolute atomic E-state index is 0.0865. The Morgan fingerprint density at radius 3 is 2.50 bits per heavy atom. The molecule has 1 aliphatic heterocycles. The van der Waals surface area contributed by atoms with Crippen LogP contribution in [0.5, 0.6) is 0 Å². The molecule has 0 aliphatic carbocycles. The van der Waals surface area contributed by atoms with E-state index in [0.717, 1.165) is 0 Å². The second-order valence-electron chi connectivity index (χ2n) is 5.35. The van der Waals surface area contributed by atoms with Crippen LogP contribution in [0.4, 0.5) is 11.4 Å². The van der Waals surface area contributed by atoms with Crippen LogP contribution < -0.4 is 14.9 Å². The van der Waals surface area contributed by atoms with Crippen molar-refractivity contribution in [2.45, 2.75) is 4.90 Å². The van der Waals surface area contributed by atoms with Crippen LogP contribution in [0.25, 0.3) is 0 Å². The summed E-state index contributed by atoms with van der Waals surface area (Å²) in [4.78, 5) is 13.6. The van der Waals surface area contributed by atoms with Gasteiger partial charge < -0.3 is 10.2 Å². The number of rotatable bonds is 4. The number of piperazine rings is 1. The average molecular weight is 366 g/mol. The van der Waals surface area contributed by atoms with E-state index < -0.39 is 10.0 Å². The highest BCUT2D eigenvalue weighted by atomic mass is 35.5. The Hall–Kier alpha value is -2.25. The lowest BCUT2D eigenvalue weighted by Crippen LogP contribution is -2.47. The summed E-state index contributed by atoms with van der Waals surface area (Å²) >= 11 is 5.80. The number of nitrogens with one attached hydrogen (secondary N) is 2. The minimum Gasteiger partial charge on any atom is -0.359 e. The minimum atomic E-state index is -3.74. The molecule has 2 aromatic rings. The van der Waals surface area contributed by atoms with Crippen LogP contribution >= 0.6 is 11.6 Å². The van der Waals surface area contributed by atoms with E-state index in [1.165, 1.54) is 24.3 Å². The topological polar surface area (TPSA) is 78.5 Å². The van der Waals surface area contributed by atoms with Crippen molar-refractivity contribution < 1.29 is 13.2 Å². The van der Waals surface area contributed by atoms with E-state index in [1.807, 2.05) is 11.0 Å². The van der Waals surface area contributed by atoms with Gasteiger partial charge in [-0.3, -0.25) is 9.52 Å². The quantitative estimate of drug-likeness (QED) is 0.869. The molecule has 6 nitrogen and oxygen atoms in total. The third-order valence-electron chi connectivity index (χ3n) is 3.65. The summed E-state index contributed by atoms with van der Waals surface area (Å²) in [6.07, 6.45) is 0. The number of para-hydroxylation sites is 2. The lowest BCUT2D eigenvalue weighted by molar-refractivity contribution is -0.120. The molecule has 1 saturated heterocycles. The van der Waals surface area contributed by atoms with Crippen molar-refractivity contribution in [1.29, 1.82) is 0 Å². The fraction of sp³-hybridized carbons (Fsp3) is 0.188. The molecule has 1 fully saturated rings. The molecule has 1 amide bonds. The van der Waals surface area contributed by atoms with Crippen molar-refractivity contribution in [3.63, 3.8) is 0 Å². The number of carbonyl (C=O) groups is 1. The molecule has 0 atom stereocenters. The highest BCUT2D eigenvalue weighted by Gasteiger charge is 2.21. The maximum Gasteiger partial charge on any atom is 0.261 e. The van der Waals surface area contributed by atoms with Crippen molar-refractivity contribution in [3.8, 4) is 0 Å². The second-order valence-corrected chi connectivity index (χ2v) is 7.47. The van der Waals surface area contributed by atoms with Gasteiger partial charge in [-0.25, -0.2) is 8.42 Å². The van der Waals surface area contributed by atoms with E-state index in [9.17, 15) is 13.2 Å². The van der Waals surface area contributed by atoms with Gasteiger partial charge in [0.05, 0.1) is 22.8 Å². The lowest BCUT2D eigenvalue weighted by Gasteiger charge is -2.30. The van der Waals surface area contributed by atoms with Gasteiger partial charge in [0.15, 0.2) is 0 Å². The molecule has 8 heteroatoms. The third-order valence-corrected chi connectivity index (χ3v) is 5.28. The maximum absolute atomic E-state index is 12.6. The number of carbonyl (C=O) groups excluding carboxylic acids is 1. The van der Waals surface area contributed by atoms with Gasteiger partial charge in [-0.1, -0.05) is 23.7 Å². The van der Waals surface area contributed by atoms with Crippen molar-refractivity contribution in [3.05, 3.63) is 53.6 Å². The molecule has 3 rings (SSSR count). The molecule has 0 spiro atoms. The van der Waals surface area contributed by atoms with Crippen molar-refractivity contribution in [2.75, 3.05) is 29.3 Å². The highest BCUT2D eigenvalue weighted by Crippen LogP contribution is 2.28. The van der Waals surface area contributed by atoms with E-state index in [-0.39, 0.29) is 17.3 Å². The van der Waals surface area contributed by atoms with E-state index in [2.05, 4.69) is 10.0 Å². The summed E-state index contributed by atoms with van der Waals surface area (Å²) < 4.78 is 27.7. The third kappa shape index (κ3) is 3.63. The Morgan fingerprint density at radius 1 is 1.08 bits per heavy atom. The monoisotopic (exact) mass is 365 g/mol. The first-order valence-electron chi connectivity index (χ1n) is 7.35. The number of sulfonamides is 1. The molecule has 24 heavy (non-hydrogen) atoms. The Balaban J connectivity index is 1.90. The van der Waals surface area contributed by atoms with Crippen LogP contribution in [-0.4, -0.2) is 34.0 Å². The number of nitrogens with zero attached hydrogens (tertiary/aromatic N) is 1. The summed E-state index contributed by atoms with van der Waals surface area (Å²) in [5.74, 6) is -0.0865. The first kappa shape index (κ1) is 16.6. The molecule has 126 valence electrons.